The molecular formula is C20H27ClO3. The molecule has 0 unspecified atom stereocenters. The topological polar surface area (TPSA) is 46.5 Å². The van der Waals surface area contributed by atoms with Crippen LogP contribution in [0.15, 0.2) is 24.3 Å². The zero-order chi connectivity index (χ0) is 17.3. The van der Waals surface area contributed by atoms with Gasteiger partial charge < -0.3 is 9.84 Å². The lowest BCUT2D eigenvalue weighted by molar-refractivity contribution is -0.0346. The van der Waals surface area contributed by atoms with Crippen LogP contribution in [0.2, 0.25) is 5.02 Å². The number of fused-ring (bicyclic) bond motifs is 1. The number of benzene rings is 1. The van der Waals surface area contributed by atoms with E-state index in [4.69, 9.17) is 16.3 Å². The van der Waals surface area contributed by atoms with Crippen molar-refractivity contribution in [3.63, 3.8) is 0 Å². The van der Waals surface area contributed by atoms with Crippen LogP contribution in [-0.4, -0.2) is 23.8 Å². The summed E-state index contributed by atoms with van der Waals surface area (Å²) in [6.07, 6.45) is 5.26. The molecule has 0 spiro atoms. The van der Waals surface area contributed by atoms with E-state index in [0.29, 0.717) is 34.9 Å². The fraction of sp³-hybridized carbons (Fsp3) is 0.650. The van der Waals surface area contributed by atoms with Gasteiger partial charge in [0.15, 0.2) is 0 Å². The first-order chi connectivity index (χ1) is 11.4. The molecule has 132 valence electrons. The number of rotatable bonds is 4. The molecule has 0 radical (unpaired) electrons. The van der Waals surface area contributed by atoms with E-state index in [1.165, 1.54) is 6.42 Å². The second kappa shape index (κ2) is 7.05. The fourth-order valence-electron chi connectivity index (χ4n) is 5.15. The summed E-state index contributed by atoms with van der Waals surface area (Å²) in [5.74, 6) is 0.896. The Hall–Kier alpha value is -1.06. The second-order valence-corrected chi connectivity index (χ2v) is 8.28. The highest BCUT2D eigenvalue weighted by molar-refractivity contribution is 6.30. The van der Waals surface area contributed by atoms with E-state index in [1.54, 1.807) is 24.3 Å². The minimum Gasteiger partial charge on any atom is -0.462 e. The molecular weight excluding hydrogens is 324 g/mol. The normalized spacial score (nSPS) is 33.8. The maximum absolute atomic E-state index is 12.2. The summed E-state index contributed by atoms with van der Waals surface area (Å²) in [4.78, 5) is 12.2. The van der Waals surface area contributed by atoms with Gasteiger partial charge in [0.25, 0.3) is 0 Å². The zero-order valence-electron chi connectivity index (χ0n) is 14.5. The summed E-state index contributed by atoms with van der Waals surface area (Å²) in [5.41, 5.74) is 0.679. The lowest BCUT2D eigenvalue weighted by Crippen LogP contribution is -2.42. The molecule has 2 aliphatic carbocycles. The highest BCUT2D eigenvalue weighted by Gasteiger charge is 2.52. The van der Waals surface area contributed by atoms with Crippen LogP contribution in [0.3, 0.4) is 0 Å². The van der Waals surface area contributed by atoms with Crippen LogP contribution in [0, 0.1) is 23.2 Å². The standard InChI is InChI=1S/C20H27ClO3/c1-13(12-24-19(23)14-5-3-6-15(21)11-14)16-8-9-17-18(22)7-4-10-20(16,17)2/h3,5-6,11,13,16-18,22H,4,7-10,12H2,1-2H3/t13-,16-,17+,18+,20-/m1/s1. The van der Waals surface area contributed by atoms with Gasteiger partial charge in [0.05, 0.1) is 18.3 Å². The Bertz CT molecular complexity index is 602. The number of ether oxygens (including phenoxy) is 1. The summed E-state index contributed by atoms with van der Waals surface area (Å²) < 4.78 is 5.55. The summed E-state index contributed by atoms with van der Waals surface area (Å²) in [5, 5.41) is 10.9. The van der Waals surface area contributed by atoms with Crippen LogP contribution in [0.1, 0.15) is 56.3 Å². The molecule has 1 N–H and O–H groups in total. The van der Waals surface area contributed by atoms with Crippen molar-refractivity contribution in [1.82, 2.24) is 0 Å². The highest BCUT2D eigenvalue weighted by Crippen LogP contribution is 2.57. The number of esters is 1. The van der Waals surface area contributed by atoms with Gasteiger partial charge in [-0.2, -0.15) is 0 Å². The molecule has 0 saturated heterocycles. The fourth-order valence-corrected chi connectivity index (χ4v) is 5.34. The van der Waals surface area contributed by atoms with Crippen molar-refractivity contribution in [3.8, 4) is 0 Å². The van der Waals surface area contributed by atoms with Crippen molar-refractivity contribution in [1.29, 1.82) is 0 Å². The number of hydrogen-bond acceptors (Lipinski definition) is 3. The number of aliphatic hydroxyl groups excluding tert-OH is 1. The van der Waals surface area contributed by atoms with Crippen molar-refractivity contribution in [2.24, 2.45) is 23.2 Å². The molecule has 1 aromatic carbocycles. The molecule has 1 aromatic rings. The van der Waals surface area contributed by atoms with Crippen LogP contribution < -0.4 is 0 Å². The first kappa shape index (κ1) is 17.8. The van der Waals surface area contributed by atoms with Crippen LogP contribution in [0.5, 0.6) is 0 Å². The van der Waals surface area contributed by atoms with Gasteiger partial charge in [-0.3, -0.25) is 0 Å². The minimum absolute atomic E-state index is 0.157. The van der Waals surface area contributed by atoms with Gasteiger partial charge in [-0.05, 0) is 67.1 Å². The van der Waals surface area contributed by atoms with E-state index in [1.807, 2.05) is 0 Å². The summed E-state index contributed by atoms with van der Waals surface area (Å²) in [6.45, 7) is 4.92. The van der Waals surface area contributed by atoms with Gasteiger partial charge in [0, 0.05) is 5.02 Å². The number of aliphatic hydroxyl groups is 1. The predicted molar refractivity (Wildman–Crippen MR) is 95.1 cm³/mol. The van der Waals surface area contributed by atoms with Crippen LogP contribution >= 0.6 is 11.6 Å². The van der Waals surface area contributed by atoms with Gasteiger partial charge in [-0.15, -0.1) is 0 Å². The van der Waals surface area contributed by atoms with Crippen molar-refractivity contribution in [2.75, 3.05) is 6.61 Å². The third kappa shape index (κ3) is 3.34. The van der Waals surface area contributed by atoms with Crippen molar-refractivity contribution in [2.45, 2.75) is 52.1 Å². The Morgan fingerprint density at radius 2 is 2.21 bits per heavy atom. The van der Waals surface area contributed by atoms with Crippen LogP contribution in [0.4, 0.5) is 0 Å². The first-order valence-electron chi connectivity index (χ1n) is 9.02. The molecule has 0 amide bonds. The van der Waals surface area contributed by atoms with Gasteiger partial charge >= 0.3 is 5.97 Å². The Balaban J connectivity index is 1.61. The Morgan fingerprint density at radius 1 is 1.42 bits per heavy atom. The van der Waals surface area contributed by atoms with Gasteiger partial charge in [-0.25, -0.2) is 4.79 Å². The van der Waals surface area contributed by atoms with E-state index in [0.717, 1.165) is 25.7 Å². The largest absolute Gasteiger partial charge is 0.462 e. The zero-order valence-corrected chi connectivity index (χ0v) is 15.3. The summed E-state index contributed by atoms with van der Waals surface area (Å²) in [7, 11) is 0. The molecule has 0 heterocycles. The lowest BCUT2D eigenvalue weighted by Gasteiger charge is -2.45. The van der Waals surface area contributed by atoms with E-state index in [2.05, 4.69) is 13.8 Å². The van der Waals surface area contributed by atoms with E-state index in [9.17, 15) is 9.90 Å². The maximum Gasteiger partial charge on any atom is 0.338 e. The predicted octanol–water partition coefficient (Wildman–Crippen LogP) is 4.71. The molecule has 0 bridgehead atoms. The highest BCUT2D eigenvalue weighted by atomic mass is 35.5. The number of carbonyl (C=O) groups excluding carboxylic acids is 1. The molecule has 0 aliphatic heterocycles. The Kier molecular flexibility index (Phi) is 5.22. The van der Waals surface area contributed by atoms with Crippen LogP contribution in [-0.2, 0) is 4.74 Å². The molecule has 0 aromatic heterocycles. The van der Waals surface area contributed by atoms with E-state index in [-0.39, 0.29) is 17.5 Å². The summed E-state index contributed by atoms with van der Waals surface area (Å²) in [6, 6.07) is 6.87. The van der Waals surface area contributed by atoms with Gasteiger partial charge in [0.2, 0.25) is 0 Å². The second-order valence-electron chi connectivity index (χ2n) is 7.84. The smallest absolute Gasteiger partial charge is 0.338 e. The lowest BCUT2D eigenvalue weighted by atomic mass is 9.62. The van der Waals surface area contributed by atoms with Crippen molar-refractivity contribution < 1.29 is 14.6 Å². The SMILES string of the molecule is C[C@H](COC(=O)c1cccc(Cl)c1)[C@H]1CC[C@H]2[C@@H](O)CCC[C@]12C. The minimum atomic E-state index is -0.312. The van der Waals surface area contributed by atoms with E-state index < -0.39 is 0 Å². The van der Waals surface area contributed by atoms with Crippen molar-refractivity contribution >= 4 is 17.6 Å². The average molecular weight is 351 g/mol. The Labute approximate surface area is 149 Å². The third-order valence-electron chi connectivity index (χ3n) is 6.39. The molecule has 2 saturated carbocycles. The average Bonchev–Trinajstić information content (AvgIpc) is 2.91. The molecule has 24 heavy (non-hydrogen) atoms. The molecule has 2 aliphatic rings. The van der Waals surface area contributed by atoms with Gasteiger partial charge in [0.1, 0.15) is 0 Å². The first-order valence-corrected chi connectivity index (χ1v) is 9.40. The monoisotopic (exact) mass is 350 g/mol. The molecule has 2 fully saturated rings. The molecule has 5 atom stereocenters. The molecule has 3 rings (SSSR count). The number of carbonyl (C=O) groups is 1. The quantitative estimate of drug-likeness (QED) is 0.800. The molecule has 4 heteroatoms. The molecule has 3 nitrogen and oxygen atoms in total. The van der Waals surface area contributed by atoms with Crippen LogP contribution in [0.25, 0.3) is 0 Å². The number of hydrogen-bond donors (Lipinski definition) is 1. The van der Waals surface area contributed by atoms with Crippen molar-refractivity contribution in [3.05, 3.63) is 34.9 Å². The third-order valence-corrected chi connectivity index (χ3v) is 6.62. The van der Waals surface area contributed by atoms with E-state index >= 15 is 0 Å². The van der Waals surface area contributed by atoms with Gasteiger partial charge in [-0.1, -0.05) is 37.9 Å². The Morgan fingerprint density at radius 3 is 2.96 bits per heavy atom. The summed E-state index contributed by atoms with van der Waals surface area (Å²) >= 11 is 5.93. The maximum atomic E-state index is 12.2. The number of halogens is 1.